The fraction of sp³-hybridized carbons (Fsp3) is 0.500. The van der Waals surface area contributed by atoms with Crippen molar-refractivity contribution in [1.82, 2.24) is 14.9 Å². The summed E-state index contributed by atoms with van der Waals surface area (Å²) < 4.78 is 31.2. The highest BCUT2D eigenvalue weighted by Crippen LogP contribution is 2.40. The fourth-order valence-corrected chi connectivity index (χ4v) is 6.55. The Morgan fingerprint density at radius 2 is 1.89 bits per heavy atom. The van der Waals surface area contributed by atoms with Crippen molar-refractivity contribution in [3.8, 4) is 0 Å². The Kier molecular flexibility index (Phi) is 4.57. The van der Waals surface area contributed by atoms with Gasteiger partial charge in [0.25, 0.3) is 0 Å². The molecule has 7 nitrogen and oxygen atoms in total. The van der Waals surface area contributed by atoms with Crippen LogP contribution in [0.3, 0.4) is 0 Å². The minimum Gasteiger partial charge on any atom is -0.378 e. The number of sulfone groups is 1. The molecule has 0 N–H and O–H groups in total. The summed E-state index contributed by atoms with van der Waals surface area (Å²) in [6, 6.07) is 10.2. The van der Waals surface area contributed by atoms with Gasteiger partial charge in [0, 0.05) is 50.4 Å². The Bertz CT molecular complexity index is 961. The zero-order valence-corrected chi connectivity index (χ0v) is 16.5. The summed E-state index contributed by atoms with van der Waals surface area (Å²) >= 11 is 0. The van der Waals surface area contributed by atoms with Crippen molar-refractivity contribution in [2.24, 2.45) is 0 Å². The molecule has 1 aromatic heterocycles. The lowest BCUT2D eigenvalue weighted by molar-refractivity contribution is 0.122. The molecule has 5 rings (SSSR count). The normalized spacial score (nSPS) is 26.6. The van der Waals surface area contributed by atoms with E-state index in [2.05, 4.69) is 26.9 Å². The molecular formula is C20H24N4O3S. The molecule has 0 amide bonds. The number of anilines is 1. The van der Waals surface area contributed by atoms with Crippen molar-refractivity contribution in [3.63, 3.8) is 0 Å². The minimum absolute atomic E-state index is 0.0477. The van der Waals surface area contributed by atoms with Crippen molar-refractivity contribution in [3.05, 3.63) is 53.3 Å². The predicted octanol–water partition coefficient (Wildman–Crippen LogP) is 1.21. The SMILES string of the molecule is O=S1(=O)Cc2cnc(N3CCOCC3)nc2[C@@H]2CN(Cc3ccccc3)C[C@@H]21. The molecule has 2 atom stereocenters. The Hall–Kier alpha value is -2.03. The largest absolute Gasteiger partial charge is 0.378 e. The number of nitrogens with zero attached hydrogens (tertiary/aromatic N) is 4. The van der Waals surface area contributed by atoms with Crippen LogP contribution in [0.15, 0.2) is 36.5 Å². The van der Waals surface area contributed by atoms with Gasteiger partial charge in [-0.25, -0.2) is 18.4 Å². The molecule has 0 bridgehead atoms. The second kappa shape index (κ2) is 7.09. The second-order valence-corrected chi connectivity index (χ2v) is 10.0. The number of fused-ring (bicyclic) bond motifs is 3. The van der Waals surface area contributed by atoms with Crippen LogP contribution in [0, 0.1) is 0 Å². The Morgan fingerprint density at radius 1 is 1.11 bits per heavy atom. The first kappa shape index (κ1) is 18.0. The van der Waals surface area contributed by atoms with Gasteiger partial charge in [-0.3, -0.25) is 4.90 Å². The van der Waals surface area contributed by atoms with Crippen LogP contribution in [0.1, 0.15) is 22.7 Å². The molecule has 4 heterocycles. The summed E-state index contributed by atoms with van der Waals surface area (Å²) in [6.07, 6.45) is 1.72. The van der Waals surface area contributed by atoms with Crippen molar-refractivity contribution in [2.75, 3.05) is 44.3 Å². The number of hydrogen-bond acceptors (Lipinski definition) is 7. The van der Waals surface area contributed by atoms with Crippen LogP contribution in [0.25, 0.3) is 0 Å². The lowest BCUT2D eigenvalue weighted by Gasteiger charge is -2.30. The van der Waals surface area contributed by atoms with Crippen LogP contribution in [0.4, 0.5) is 5.95 Å². The Labute approximate surface area is 165 Å². The smallest absolute Gasteiger partial charge is 0.225 e. The summed E-state index contributed by atoms with van der Waals surface area (Å²) in [7, 11) is -3.19. The third kappa shape index (κ3) is 3.29. The molecule has 1 aromatic carbocycles. The number of ether oxygens (including phenoxy) is 1. The first-order chi connectivity index (χ1) is 13.6. The number of rotatable bonds is 3. The van der Waals surface area contributed by atoms with Crippen molar-refractivity contribution < 1.29 is 13.2 Å². The zero-order valence-electron chi connectivity index (χ0n) is 15.7. The van der Waals surface area contributed by atoms with Gasteiger partial charge in [0.2, 0.25) is 5.95 Å². The van der Waals surface area contributed by atoms with Gasteiger partial charge >= 0.3 is 0 Å². The highest BCUT2D eigenvalue weighted by atomic mass is 32.2. The van der Waals surface area contributed by atoms with Crippen LogP contribution in [-0.4, -0.2) is 67.9 Å². The number of morpholine rings is 1. The molecule has 0 aliphatic carbocycles. The van der Waals surface area contributed by atoms with Gasteiger partial charge in [-0.05, 0) is 5.56 Å². The van der Waals surface area contributed by atoms with Gasteiger partial charge in [-0.1, -0.05) is 30.3 Å². The summed E-state index contributed by atoms with van der Waals surface area (Å²) in [5, 5.41) is -0.379. The van der Waals surface area contributed by atoms with E-state index in [1.54, 1.807) is 6.20 Å². The monoisotopic (exact) mass is 400 g/mol. The molecule has 3 aliphatic heterocycles. The van der Waals surface area contributed by atoms with Gasteiger partial charge in [0.05, 0.1) is 29.9 Å². The zero-order chi connectivity index (χ0) is 19.1. The van der Waals surface area contributed by atoms with Gasteiger partial charge in [-0.2, -0.15) is 0 Å². The second-order valence-electron chi connectivity index (χ2n) is 7.81. The minimum atomic E-state index is -3.19. The van der Waals surface area contributed by atoms with E-state index >= 15 is 0 Å². The van der Waals surface area contributed by atoms with Gasteiger partial charge in [0.1, 0.15) is 0 Å². The van der Waals surface area contributed by atoms with E-state index in [-0.39, 0.29) is 16.9 Å². The average Bonchev–Trinajstić information content (AvgIpc) is 3.14. The molecule has 8 heteroatoms. The highest BCUT2D eigenvalue weighted by Gasteiger charge is 2.47. The first-order valence-electron chi connectivity index (χ1n) is 9.76. The molecule has 0 radical (unpaired) electrons. The molecule has 2 aromatic rings. The molecule has 148 valence electrons. The molecule has 3 aliphatic rings. The van der Waals surface area contributed by atoms with Crippen molar-refractivity contribution in [2.45, 2.75) is 23.5 Å². The first-order valence-corrected chi connectivity index (χ1v) is 11.5. The van der Waals surface area contributed by atoms with Gasteiger partial charge < -0.3 is 9.64 Å². The van der Waals surface area contributed by atoms with E-state index in [1.807, 2.05) is 18.2 Å². The topological polar surface area (TPSA) is 75.6 Å². The van der Waals surface area contributed by atoms with Crippen molar-refractivity contribution >= 4 is 15.8 Å². The molecule has 0 spiro atoms. The summed E-state index contributed by atoms with van der Waals surface area (Å²) in [5.41, 5.74) is 2.89. The quantitative estimate of drug-likeness (QED) is 0.767. The van der Waals surface area contributed by atoms with Crippen LogP contribution in [0.5, 0.6) is 0 Å². The third-order valence-corrected chi connectivity index (χ3v) is 8.05. The van der Waals surface area contributed by atoms with Gasteiger partial charge in [0.15, 0.2) is 9.84 Å². The standard InChI is InChI=1S/C20H24N4O3S/c25-28(26)14-16-10-21-20(24-6-8-27-9-7-24)22-19(16)17-12-23(13-18(17)28)11-15-4-2-1-3-5-15/h1-5,10,17-18H,6-9,11-14H2/t17-,18+/m1/s1. The maximum absolute atomic E-state index is 12.9. The Morgan fingerprint density at radius 3 is 2.68 bits per heavy atom. The lowest BCUT2D eigenvalue weighted by Crippen LogP contribution is -2.39. The Balaban J connectivity index is 1.44. The van der Waals surface area contributed by atoms with Crippen molar-refractivity contribution in [1.29, 1.82) is 0 Å². The lowest BCUT2D eigenvalue weighted by atomic mass is 10.00. The highest BCUT2D eigenvalue weighted by molar-refractivity contribution is 7.91. The van der Waals surface area contributed by atoms with Crippen LogP contribution in [-0.2, 0) is 26.9 Å². The van der Waals surface area contributed by atoms with Gasteiger partial charge in [-0.15, -0.1) is 0 Å². The van der Waals surface area contributed by atoms with E-state index in [1.165, 1.54) is 5.56 Å². The molecule has 2 fully saturated rings. The van der Waals surface area contributed by atoms with E-state index in [4.69, 9.17) is 9.72 Å². The molecule has 0 saturated carbocycles. The van der Waals surface area contributed by atoms with E-state index in [9.17, 15) is 8.42 Å². The van der Waals surface area contributed by atoms with Crippen LogP contribution >= 0.6 is 0 Å². The molecule has 28 heavy (non-hydrogen) atoms. The van der Waals surface area contributed by atoms with Crippen LogP contribution in [0.2, 0.25) is 0 Å². The predicted molar refractivity (Wildman–Crippen MR) is 106 cm³/mol. The molecule has 2 saturated heterocycles. The molecular weight excluding hydrogens is 376 g/mol. The third-order valence-electron chi connectivity index (χ3n) is 5.94. The number of hydrogen-bond donors (Lipinski definition) is 0. The molecule has 0 unspecified atom stereocenters. The van der Waals surface area contributed by atoms with Crippen LogP contribution < -0.4 is 4.90 Å². The fourth-order valence-electron chi connectivity index (χ4n) is 4.53. The summed E-state index contributed by atoms with van der Waals surface area (Å²) in [5.74, 6) is 0.661. The maximum Gasteiger partial charge on any atom is 0.225 e. The maximum atomic E-state index is 12.9. The summed E-state index contributed by atoms with van der Waals surface area (Å²) in [4.78, 5) is 13.7. The van der Waals surface area contributed by atoms with E-state index in [0.717, 1.165) is 30.9 Å². The van der Waals surface area contributed by atoms with E-state index < -0.39 is 9.84 Å². The van der Waals surface area contributed by atoms with E-state index in [0.29, 0.717) is 32.3 Å². The number of benzene rings is 1. The average molecular weight is 401 g/mol. The number of likely N-dealkylation sites (tertiary alicyclic amines) is 1. The summed E-state index contributed by atoms with van der Waals surface area (Å²) in [6.45, 7) is 4.93. The number of aromatic nitrogens is 2.